The molecule has 0 saturated carbocycles. The number of H-pyrrole nitrogens is 1. The zero-order valence-electron chi connectivity index (χ0n) is 44.4. The third-order valence-corrected chi connectivity index (χ3v) is 17.0. The van der Waals surface area contributed by atoms with E-state index in [4.69, 9.17) is 22.1 Å². The first-order valence-corrected chi connectivity index (χ1v) is 28.3. The number of hydrogen-bond donors (Lipinski definition) is 4. The van der Waals surface area contributed by atoms with Gasteiger partial charge in [-0.1, -0.05) is 41.9 Å². The molecular formula is C58H73ClF2N12O5. The summed E-state index contributed by atoms with van der Waals surface area (Å²) in [4.78, 5) is 79.0. The third kappa shape index (κ3) is 13.7. The number of nitrogens with zero attached hydrogens (tertiary/aromatic N) is 8. The number of halogens is 3. The number of carbonyl (C=O) groups is 4. The predicted octanol–water partition coefficient (Wildman–Crippen LogP) is 5.86. The first-order chi connectivity index (χ1) is 37.8. The molecule has 4 amide bonds. The van der Waals surface area contributed by atoms with Crippen LogP contribution in [0, 0.1) is 11.6 Å². The number of piperidine rings is 4. The fourth-order valence-electron chi connectivity index (χ4n) is 11.9. The lowest BCUT2D eigenvalue weighted by molar-refractivity contribution is -0.135. The molecule has 0 radical (unpaired) electrons. The number of anilines is 1. The normalized spacial score (nSPS) is 20.5. The van der Waals surface area contributed by atoms with Crippen LogP contribution >= 0.6 is 11.6 Å². The van der Waals surface area contributed by atoms with Crippen LogP contribution in [0.4, 0.5) is 14.6 Å². The molecule has 416 valence electrons. The van der Waals surface area contributed by atoms with Crippen LogP contribution in [-0.2, 0) is 25.7 Å². The Labute approximate surface area is 460 Å². The SMILES string of the molecule is NC1(C(=O)N[C@@H](CCN2CCN(C(=O)CN3CCC(OC4CCN(C(=O)c5cccc(C6CCCN(C(=O)CNCc7ccc(F)cc7F)C6)c5)CC4)CC3)CC2)c2ccc(Cl)cc2)CCN(c2ncnc3[nH]ccc23)CC1. The van der Waals surface area contributed by atoms with Gasteiger partial charge >= 0.3 is 0 Å². The molecule has 5 N–H and O–H groups in total. The molecule has 78 heavy (non-hydrogen) atoms. The molecule has 2 atom stereocenters. The molecule has 2 aromatic heterocycles. The van der Waals surface area contributed by atoms with E-state index in [1.165, 1.54) is 12.1 Å². The Hall–Kier alpha value is -6.09. The largest absolute Gasteiger partial charge is 0.375 e. The Morgan fingerprint density at radius 1 is 0.782 bits per heavy atom. The van der Waals surface area contributed by atoms with E-state index in [2.05, 4.69) is 40.3 Å². The highest BCUT2D eigenvalue weighted by atomic mass is 35.5. The van der Waals surface area contributed by atoms with Gasteiger partial charge in [-0.3, -0.25) is 29.0 Å². The zero-order chi connectivity index (χ0) is 54.2. The van der Waals surface area contributed by atoms with Crippen LogP contribution in [0.1, 0.15) is 96.8 Å². The van der Waals surface area contributed by atoms with Gasteiger partial charge < -0.3 is 45.7 Å². The van der Waals surface area contributed by atoms with Crippen molar-refractivity contribution >= 4 is 52.1 Å². The van der Waals surface area contributed by atoms with Gasteiger partial charge in [0, 0.05) is 126 Å². The summed E-state index contributed by atoms with van der Waals surface area (Å²) in [6.45, 7) is 9.34. The van der Waals surface area contributed by atoms with Gasteiger partial charge in [0.15, 0.2) is 0 Å². The van der Waals surface area contributed by atoms with Crippen LogP contribution in [0.2, 0.25) is 5.02 Å². The summed E-state index contributed by atoms with van der Waals surface area (Å²) < 4.78 is 34.0. The fourth-order valence-corrected chi connectivity index (χ4v) is 12.1. The third-order valence-electron chi connectivity index (χ3n) is 16.8. The van der Waals surface area contributed by atoms with Crippen molar-refractivity contribution < 1.29 is 32.7 Å². The van der Waals surface area contributed by atoms with Gasteiger partial charge in [0.25, 0.3) is 5.91 Å². The first kappa shape index (κ1) is 55.2. The van der Waals surface area contributed by atoms with Crippen LogP contribution in [0.3, 0.4) is 0 Å². The van der Waals surface area contributed by atoms with Crippen LogP contribution in [-0.4, -0.2) is 179 Å². The van der Waals surface area contributed by atoms with E-state index in [9.17, 15) is 28.0 Å². The van der Waals surface area contributed by atoms with E-state index < -0.39 is 17.2 Å². The van der Waals surface area contributed by atoms with E-state index in [-0.39, 0.29) is 60.9 Å². The second kappa shape index (κ2) is 25.4. The second-order valence-corrected chi connectivity index (χ2v) is 22.4. The minimum absolute atomic E-state index is 0.00644. The van der Waals surface area contributed by atoms with Crippen LogP contribution in [0.25, 0.3) is 11.0 Å². The Morgan fingerprint density at radius 2 is 1.53 bits per heavy atom. The van der Waals surface area contributed by atoms with E-state index in [1.807, 2.05) is 75.5 Å². The maximum Gasteiger partial charge on any atom is 0.253 e. The number of amides is 4. The van der Waals surface area contributed by atoms with Crippen LogP contribution in [0.15, 0.2) is 85.3 Å². The summed E-state index contributed by atoms with van der Waals surface area (Å²) in [7, 11) is 0. The van der Waals surface area contributed by atoms with Gasteiger partial charge in [0.2, 0.25) is 17.7 Å². The number of nitrogens with one attached hydrogen (secondary N) is 3. The van der Waals surface area contributed by atoms with Crippen LogP contribution in [0.5, 0.6) is 0 Å². The molecule has 7 heterocycles. The van der Waals surface area contributed by atoms with Crippen LogP contribution < -0.4 is 21.3 Å². The second-order valence-electron chi connectivity index (χ2n) is 21.9. The molecule has 5 aliphatic heterocycles. The number of carbonyl (C=O) groups excluding carboxylic acids is 4. The van der Waals surface area contributed by atoms with Crippen molar-refractivity contribution in [2.24, 2.45) is 5.73 Å². The molecular weight excluding hydrogens is 1020 g/mol. The quantitative estimate of drug-likeness (QED) is 0.0871. The zero-order valence-corrected chi connectivity index (χ0v) is 45.2. The summed E-state index contributed by atoms with van der Waals surface area (Å²) >= 11 is 6.28. The highest BCUT2D eigenvalue weighted by Crippen LogP contribution is 2.32. The average molecular weight is 1090 g/mol. The van der Waals surface area contributed by atoms with Crippen molar-refractivity contribution in [2.45, 2.75) is 94.0 Å². The summed E-state index contributed by atoms with van der Waals surface area (Å²) in [5, 5.41) is 7.89. The first-order valence-electron chi connectivity index (χ1n) is 27.9. The topological polar surface area (TPSA) is 189 Å². The Bertz CT molecular complexity index is 2860. The molecule has 5 aliphatic rings. The van der Waals surface area contributed by atoms with Crippen molar-refractivity contribution in [1.82, 2.24) is 50.1 Å². The number of likely N-dealkylation sites (tertiary alicyclic amines) is 3. The van der Waals surface area contributed by atoms with Gasteiger partial charge in [0.1, 0.15) is 29.4 Å². The number of benzene rings is 3. The van der Waals surface area contributed by atoms with Crippen molar-refractivity contribution in [3.8, 4) is 0 Å². The molecule has 0 bridgehead atoms. The maximum absolute atomic E-state index is 14.1. The molecule has 5 aromatic rings. The molecule has 10 rings (SSSR count). The van der Waals surface area contributed by atoms with E-state index in [0.29, 0.717) is 94.3 Å². The highest BCUT2D eigenvalue weighted by Gasteiger charge is 2.40. The molecule has 0 aliphatic carbocycles. The summed E-state index contributed by atoms with van der Waals surface area (Å²) in [5.41, 5.74) is 9.59. The summed E-state index contributed by atoms with van der Waals surface area (Å²) in [5.74, 6) is -0.414. The average Bonchev–Trinajstić information content (AvgIpc) is 4.03. The number of ether oxygens (including phenoxy) is 1. The van der Waals surface area contributed by atoms with Gasteiger partial charge in [-0.25, -0.2) is 18.7 Å². The number of nitrogens with two attached hydrogens (primary N) is 1. The molecule has 1 unspecified atom stereocenters. The standard InChI is InChI=1S/C58H73ClF2N12O5/c59-45-9-6-40(7-10-45)51(67-57(77)58(62)18-27-71(28-19-58)55-49-12-20-64-54(49)65-39-66-55)17-24-68-29-31-70(32-30-68)53(75)38-69-22-13-47(14-23-69)78-48-15-25-72(26-16-48)56(76)42-4-1-3-41(33-42)44-5-2-21-73(37-44)52(74)36-63-35-43-8-11-46(60)34-50(43)61/h1,3-4,6-12,20,33-34,39,44,47-48,51,63H,2,5,13-19,21-32,35-38,62H2,(H,67,77)(H,64,65,66)/t44?,51-/m0/s1. The Balaban J connectivity index is 0.615. The van der Waals surface area contributed by atoms with Gasteiger partial charge in [-0.15, -0.1) is 0 Å². The van der Waals surface area contributed by atoms with E-state index >= 15 is 0 Å². The molecule has 20 heteroatoms. The van der Waals surface area contributed by atoms with Gasteiger partial charge in [-0.05, 0) is 105 Å². The Morgan fingerprint density at radius 3 is 2.27 bits per heavy atom. The predicted molar refractivity (Wildman–Crippen MR) is 295 cm³/mol. The molecule has 3 aromatic carbocycles. The van der Waals surface area contributed by atoms with Crippen molar-refractivity contribution in [3.63, 3.8) is 0 Å². The van der Waals surface area contributed by atoms with Crippen molar-refractivity contribution in [1.29, 1.82) is 0 Å². The maximum atomic E-state index is 14.1. The Kier molecular flexibility index (Phi) is 18.0. The molecule has 5 saturated heterocycles. The lowest BCUT2D eigenvalue weighted by Crippen LogP contribution is -2.60. The number of fused-ring (bicyclic) bond motifs is 1. The molecule has 0 spiro atoms. The number of aromatic nitrogens is 3. The lowest BCUT2D eigenvalue weighted by Gasteiger charge is -2.40. The lowest BCUT2D eigenvalue weighted by atomic mass is 9.87. The van der Waals surface area contributed by atoms with Gasteiger partial charge in [0.05, 0.1) is 42.3 Å². The number of piperazine rings is 1. The van der Waals surface area contributed by atoms with Gasteiger partial charge in [-0.2, -0.15) is 0 Å². The number of rotatable bonds is 17. The van der Waals surface area contributed by atoms with Crippen molar-refractivity contribution in [2.75, 3.05) is 103 Å². The fraction of sp³-hybridized carbons (Fsp3) is 0.517. The van der Waals surface area contributed by atoms with Crippen molar-refractivity contribution in [3.05, 3.63) is 124 Å². The number of hydrogen-bond acceptors (Lipinski definition) is 12. The monoisotopic (exact) mass is 1090 g/mol. The summed E-state index contributed by atoms with van der Waals surface area (Å²) in [6.07, 6.45) is 10.3. The molecule has 17 nitrogen and oxygen atoms in total. The highest BCUT2D eigenvalue weighted by molar-refractivity contribution is 6.30. The smallest absolute Gasteiger partial charge is 0.253 e. The minimum Gasteiger partial charge on any atom is -0.375 e. The van der Waals surface area contributed by atoms with E-state index in [0.717, 1.165) is 105 Å². The molecule has 5 fully saturated rings. The minimum atomic E-state index is -1.02. The van der Waals surface area contributed by atoms with E-state index in [1.54, 1.807) is 6.33 Å². The number of aromatic amines is 1. The summed E-state index contributed by atoms with van der Waals surface area (Å²) in [6, 6.07) is 20.6.